The maximum Gasteiger partial charge on any atom is 0.329 e. The number of benzene rings is 2. The van der Waals surface area contributed by atoms with Gasteiger partial charge < -0.3 is 4.74 Å². The fourth-order valence-electron chi connectivity index (χ4n) is 3.48. The van der Waals surface area contributed by atoms with Gasteiger partial charge in [-0.15, -0.1) is 0 Å². The molecule has 144 valence electrons. The van der Waals surface area contributed by atoms with Crippen LogP contribution in [-0.2, 0) is 7.05 Å². The number of imidazole rings is 2. The van der Waals surface area contributed by atoms with Crippen molar-refractivity contribution in [2.24, 2.45) is 7.05 Å². The van der Waals surface area contributed by atoms with Gasteiger partial charge in [0, 0.05) is 24.6 Å². The minimum atomic E-state index is -0.492. The van der Waals surface area contributed by atoms with E-state index in [1.54, 1.807) is 11.4 Å². The fourth-order valence-corrected chi connectivity index (χ4v) is 3.48. The van der Waals surface area contributed by atoms with Crippen LogP contribution in [0, 0.1) is 6.92 Å². The van der Waals surface area contributed by atoms with Crippen LogP contribution in [0.2, 0.25) is 0 Å². The lowest BCUT2D eigenvalue weighted by atomic mass is 10.3. The van der Waals surface area contributed by atoms with E-state index in [1.165, 1.54) is 4.57 Å². The van der Waals surface area contributed by atoms with Gasteiger partial charge in [0.1, 0.15) is 11.5 Å². The van der Waals surface area contributed by atoms with Crippen molar-refractivity contribution in [2.45, 2.75) is 6.92 Å². The normalized spacial score (nSPS) is 11.4. The van der Waals surface area contributed by atoms with Crippen LogP contribution in [0.25, 0.3) is 22.6 Å². The molecule has 0 amide bonds. The Labute approximate surface area is 164 Å². The Morgan fingerprint density at radius 2 is 1.66 bits per heavy atom. The van der Waals surface area contributed by atoms with Crippen LogP contribution in [0.3, 0.4) is 0 Å². The van der Waals surface area contributed by atoms with E-state index in [-0.39, 0.29) is 0 Å². The van der Waals surface area contributed by atoms with Gasteiger partial charge in [-0.3, -0.25) is 23.3 Å². The molecule has 5 aromatic rings. The molecule has 0 aliphatic rings. The first-order valence-electron chi connectivity index (χ1n) is 9.06. The molecule has 0 fully saturated rings. The molecule has 0 spiro atoms. The van der Waals surface area contributed by atoms with Crippen LogP contribution in [0.15, 0.2) is 70.4 Å². The number of aryl methyl sites for hydroxylation is 2. The molecule has 0 saturated heterocycles. The largest absolute Gasteiger partial charge is 0.457 e. The van der Waals surface area contributed by atoms with E-state index in [9.17, 15) is 9.59 Å². The van der Waals surface area contributed by atoms with Gasteiger partial charge in [-0.2, -0.15) is 4.98 Å². The van der Waals surface area contributed by atoms with Crippen molar-refractivity contribution in [1.82, 2.24) is 23.5 Å². The zero-order chi connectivity index (χ0) is 20.1. The highest BCUT2D eigenvalue weighted by Crippen LogP contribution is 2.25. The van der Waals surface area contributed by atoms with Gasteiger partial charge in [0.25, 0.3) is 5.56 Å². The van der Waals surface area contributed by atoms with Crippen LogP contribution < -0.4 is 16.0 Å². The number of hydrogen-bond acceptors (Lipinski definition) is 4. The third kappa shape index (κ3) is 2.65. The predicted molar refractivity (Wildman–Crippen MR) is 109 cm³/mol. The number of H-pyrrole nitrogens is 1. The topological polar surface area (TPSA) is 86.3 Å². The maximum atomic E-state index is 12.3. The molecule has 3 heterocycles. The lowest BCUT2D eigenvalue weighted by molar-refractivity contribution is 0.482. The van der Waals surface area contributed by atoms with E-state index in [2.05, 4.69) is 9.97 Å². The fraction of sp³-hybridized carbons (Fsp3) is 0.0952. The van der Waals surface area contributed by atoms with Gasteiger partial charge >= 0.3 is 5.69 Å². The molecule has 8 heteroatoms. The van der Waals surface area contributed by atoms with Gasteiger partial charge in [0.15, 0.2) is 11.2 Å². The Hall–Kier alpha value is -4.07. The lowest BCUT2D eigenvalue weighted by Gasteiger charge is -2.09. The van der Waals surface area contributed by atoms with E-state index in [0.29, 0.717) is 22.7 Å². The van der Waals surface area contributed by atoms with Crippen molar-refractivity contribution in [3.05, 3.63) is 87.3 Å². The minimum absolute atomic E-state index is 0.339. The number of aromatic amines is 1. The number of rotatable bonds is 3. The number of ether oxygens (including phenoxy) is 1. The van der Waals surface area contributed by atoms with Crippen molar-refractivity contribution < 1.29 is 4.74 Å². The number of para-hydroxylation sites is 1. The zero-order valence-electron chi connectivity index (χ0n) is 15.8. The quantitative estimate of drug-likeness (QED) is 0.516. The Kier molecular flexibility index (Phi) is 3.67. The molecule has 3 aromatic heterocycles. The number of aromatic nitrogens is 5. The van der Waals surface area contributed by atoms with E-state index < -0.39 is 11.2 Å². The van der Waals surface area contributed by atoms with Crippen molar-refractivity contribution in [2.75, 3.05) is 0 Å². The molecule has 8 nitrogen and oxygen atoms in total. The molecular formula is C21H17N5O3. The van der Waals surface area contributed by atoms with Crippen molar-refractivity contribution in [3.63, 3.8) is 0 Å². The summed E-state index contributed by atoms with van der Waals surface area (Å²) < 4.78 is 10.8. The molecule has 5 rings (SSSR count). The molecule has 1 N–H and O–H groups in total. The van der Waals surface area contributed by atoms with E-state index in [1.807, 2.05) is 72.3 Å². The van der Waals surface area contributed by atoms with Gasteiger partial charge in [-0.05, 0) is 43.3 Å². The summed E-state index contributed by atoms with van der Waals surface area (Å²) in [5, 5.41) is 0. The molecule has 0 aliphatic heterocycles. The molecular weight excluding hydrogens is 370 g/mol. The van der Waals surface area contributed by atoms with Crippen LogP contribution in [0.5, 0.6) is 11.5 Å². The van der Waals surface area contributed by atoms with Crippen LogP contribution >= 0.6 is 0 Å². The SMILES string of the molecule is Cc1cn2c3c(=O)[nH]c(=O)n(C)c3nc2n1-c1ccc(Oc2ccccc2)cc1. The summed E-state index contributed by atoms with van der Waals surface area (Å²) in [6.45, 7) is 1.94. The third-order valence-electron chi connectivity index (χ3n) is 4.87. The second-order valence-electron chi connectivity index (χ2n) is 6.79. The molecule has 0 bridgehead atoms. The average Bonchev–Trinajstić information content (AvgIpc) is 3.23. The number of nitrogens with one attached hydrogen (secondary N) is 1. The molecule has 0 atom stereocenters. The summed E-state index contributed by atoms with van der Waals surface area (Å²) in [5.74, 6) is 2.04. The summed E-state index contributed by atoms with van der Waals surface area (Å²) in [6.07, 6.45) is 1.83. The van der Waals surface area contributed by atoms with Crippen LogP contribution in [-0.4, -0.2) is 23.5 Å². The summed E-state index contributed by atoms with van der Waals surface area (Å²) in [6, 6.07) is 17.2. The summed E-state index contributed by atoms with van der Waals surface area (Å²) in [4.78, 5) is 31.1. The number of nitrogens with zero attached hydrogens (tertiary/aromatic N) is 4. The Bertz CT molecular complexity index is 1470. The second-order valence-corrected chi connectivity index (χ2v) is 6.79. The van der Waals surface area contributed by atoms with Crippen molar-refractivity contribution >= 4 is 16.9 Å². The Balaban J connectivity index is 1.63. The Morgan fingerprint density at radius 3 is 2.38 bits per heavy atom. The number of hydrogen-bond donors (Lipinski definition) is 1. The predicted octanol–water partition coefficient (Wildman–Crippen LogP) is 2.77. The van der Waals surface area contributed by atoms with Crippen LogP contribution in [0.1, 0.15) is 5.69 Å². The van der Waals surface area contributed by atoms with Crippen LogP contribution in [0.4, 0.5) is 0 Å². The highest BCUT2D eigenvalue weighted by Gasteiger charge is 2.18. The monoisotopic (exact) mass is 387 g/mol. The van der Waals surface area contributed by atoms with Gasteiger partial charge in [0.2, 0.25) is 5.78 Å². The summed E-state index contributed by atoms with van der Waals surface area (Å²) >= 11 is 0. The van der Waals surface area contributed by atoms with E-state index >= 15 is 0 Å². The Morgan fingerprint density at radius 1 is 0.966 bits per heavy atom. The average molecular weight is 387 g/mol. The van der Waals surface area contributed by atoms with E-state index in [4.69, 9.17) is 4.74 Å². The molecule has 0 aliphatic carbocycles. The smallest absolute Gasteiger partial charge is 0.329 e. The first-order valence-corrected chi connectivity index (χ1v) is 9.06. The molecule has 0 radical (unpaired) electrons. The highest BCUT2D eigenvalue weighted by molar-refractivity contribution is 5.76. The van der Waals surface area contributed by atoms with Crippen molar-refractivity contribution in [3.8, 4) is 17.2 Å². The minimum Gasteiger partial charge on any atom is -0.457 e. The second kappa shape index (κ2) is 6.23. The molecule has 29 heavy (non-hydrogen) atoms. The highest BCUT2D eigenvalue weighted by atomic mass is 16.5. The standard InChI is InChI=1S/C21H17N5O3/c1-13-12-25-17-18(24(2)21(28)23-19(17)27)22-20(25)26(13)14-8-10-16(11-9-14)29-15-6-4-3-5-7-15/h3-12H,1-2H3,(H,23,27,28). The molecule has 2 aromatic carbocycles. The summed E-state index contributed by atoms with van der Waals surface area (Å²) in [7, 11) is 1.58. The summed E-state index contributed by atoms with van der Waals surface area (Å²) in [5.41, 5.74) is 1.50. The van der Waals surface area contributed by atoms with Gasteiger partial charge in [-0.25, -0.2) is 4.79 Å². The molecule has 0 unspecified atom stereocenters. The first kappa shape index (κ1) is 17.1. The van der Waals surface area contributed by atoms with Gasteiger partial charge in [0.05, 0.1) is 0 Å². The zero-order valence-corrected chi connectivity index (χ0v) is 15.8. The van der Waals surface area contributed by atoms with E-state index in [0.717, 1.165) is 17.1 Å². The van der Waals surface area contributed by atoms with Gasteiger partial charge in [-0.1, -0.05) is 18.2 Å². The number of fused-ring (bicyclic) bond motifs is 3. The first-order chi connectivity index (χ1) is 14.0. The molecule has 0 saturated carbocycles. The third-order valence-corrected chi connectivity index (χ3v) is 4.87. The van der Waals surface area contributed by atoms with Crippen molar-refractivity contribution in [1.29, 1.82) is 0 Å². The lowest BCUT2D eigenvalue weighted by Crippen LogP contribution is -2.28. The maximum absolute atomic E-state index is 12.3.